The molecule has 9 nitrogen and oxygen atoms in total. The Bertz CT molecular complexity index is 1110. The van der Waals surface area contributed by atoms with Crippen LogP contribution in [0.1, 0.15) is 79.9 Å². The lowest BCUT2D eigenvalue weighted by Crippen LogP contribution is -2.38. The number of halogens is 2. The third-order valence-corrected chi connectivity index (χ3v) is 7.01. The molecular weight excluding hydrogens is 468 g/mol. The van der Waals surface area contributed by atoms with Crippen molar-refractivity contribution in [3.8, 4) is 0 Å². The van der Waals surface area contributed by atoms with Gasteiger partial charge in [-0.25, -0.2) is 13.8 Å². The molecule has 2 fully saturated rings. The van der Waals surface area contributed by atoms with E-state index in [-0.39, 0.29) is 49.3 Å². The van der Waals surface area contributed by atoms with Crippen LogP contribution in [0.2, 0.25) is 0 Å². The molecule has 1 aliphatic heterocycles. The summed E-state index contributed by atoms with van der Waals surface area (Å²) >= 11 is 0. The lowest BCUT2D eigenvalue weighted by Gasteiger charge is -2.33. The van der Waals surface area contributed by atoms with Crippen LogP contribution in [0.3, 0.4) is 0 Å². The first-order valence-electron chi connectivity index (χ1n) is 12.5. The highest BCUT2D eigenvalue weighted by Gasteiger charge is 2.39. The van der Waals surface area contributed by atoms with Gasteiger partial charge in [0.1, 0.15) is 11.5 Å². The highest BCUT2D eigenvalue weighted by atomic mass is 19.3. The van der Waals surface area contributed by atoms with Crippen LogP contribution in [0.4, 0.5) is 8.78 Å². The first-order valence-corrected chi connectivity index (χ1v) is 12.5. The van der Waals surface area contributed by atoms with Gasteiger partial charge in [0.15, 0.2) is 0 Å². The van der Waals surface area contributed by atoms with E-state index >= 15 is 0 Å². The third-order valence-electron chi connectivity index (χ3n) is 7.01. The molecule has 1 saturated carbocycles. The summed E-state index contributed by atoms with van der Waals surface area (Å²) in [6, 6.07) is 1.08. The molecule has 0 spiro atoms. The highest BCUT2D eigenvalue weighted by molar-refractivity contribution is 5.98. The Morgan fingerprint density at radius 1 is 1.36 bits per heavy atom. The molecule has 1 aliphatic carbocycles. The van der Waals surface area contributed by atoms with Gasteiger partial charge in [-0.2, -0.15) is 5.10 Å². The minimum absolute atomic E-state index is 0.0132. The first-order chi connectivity index (χ1) is 17.3. The molecule has 11 heteroatoms. The second-order valence-corrected chi connectivity index (χ2v) is 9.58. The molecule has 2 amide bonds. The number of hydrogen-bond donors (Lipinski definition) is 4. The summed E-state index contributed by atoms with van der Waals surface area (Å²) in [6.45, 7) is 3.10. The van der Waals surface area contributed by atoms with Crippen LogP contribution in [0.5, 0.6) is 0 Å². The standard InChI is InChI=1S/C25H33F2N7O2/c1-2-34-20(9-13-31-34)24(36)33-22(16-7-10-25(26,27)11-8-16)19-15-30-21(32-19)6-5-18(28)14-17-4-3-12-29-23(17)35/h5-6,9,13,15-17,22,28H,2-4,7-8,10-12,14H2,1H3,(H,29,35)(H,30,32)(H,33,36)/b6-5-,28-18?/t17?,22-/m0/s1. The number of hydrogen-bond acceptors (Lipinski definition) is 5. The number of carbonyl (C=O) groups excluding carboxylic acids is 2. The molecule has 2 aromatic rings. The van der Waals surface area contributed by atoms with Gasteiger partial charge in [0.2, 0.25) is 11.8 Å². The minimum Gasteiger partial charge on any atom is -0.356 e. The number of allylic oxidation sites excluding steroid dienone is 1. The average molecular weight is 502 g/mol. The summed E-state index contributed by atoms with van der Waals surface area (Å²) < 4.78 is 29.2. The van der Waals surface area contributed by atoms with E-state index in [1.54, 1.807) is 35.3 Å². The molecular formula is C25H33F2N7O2. The number of aromatic nitrogens is 4. The molecule has 2 atom stereocenters. The number of H-pyrrole nitrogens is 1. The number of carbonyl (C=O) groups is 2. The van der Waals surface area contributed by atoms with Gasteiger partial charge < -0.3 is 21.0 Å². The van der Waals surface area contributed by atoms with Gasteiger partial charge in [0.05, 0.1) is 11.7 Å². The van der Waals surface area contributed by atoms with Gasteiger partial charge >= 0.3 is 0 Å². The summed E-state index contributed by atoms with van der Waals surface area (Å²) in [5.74, 6) is -2.91. The second-order valence-electron chi connectivity index (χ2n) is 9.58. The molecule has 0 bridgehead atoms. The maximum atomic E-state index is 13.8. The summed E-state index contributed by atoms with van der Waals surface area (Å²) in [5.41, 5.74) is 1.28. The zero-order valence-corrected chi connectivity index (χ0v) is 20.4. The maximum Gasteiger partial charge on any atom is 0.270 e. The maximum absolute atomic E-state index is 13.8. The highest BCUT2D eigenvalue weighted by Crippen LogP contribution is 2.41. The summed E-state index contributed by atoms with van der Waals surface area (Å²) in [7, 11) is 0. The van der Waals surface area contributed by atoms with Gasteiger partial charge in [-0.1, -0.05) is 0 Å². The van der Waals surface area contributed by atoms with Crippen molar-refractivity contribution in [2.75, 3.05) is 6.54 Å². The van der Waals surface area contributed by atoms with Crippen molar-refractivity contribution in [3.05, 3.63) is 41.7 Å². The van der Waals surface area contributed by atoms with E-state index in [2.05, 4.69) is 25.7 Å². The van der Waals surface area contributed by atoms with Crippen molar-refractivity contribution in [1.29, 1.82) is 5.41 Å². The molecule has 1 saturated heterocycles. The van der Waals surface area contributed by atoms with Crippen LogP contribution < -0.4 is 10.6 Å². The smallest absolute Gasteiger partial charge is 0.270 e. The van der Waals surface area contributed by atoms with Crippen LogP contribution in [-0.2, 0) is 11.3 Å². The zero-order chi connectivity index (χ0) is 25.7. The number of nitrogens with zero attached hydrogens (tertiary/aromatic N) is 3. The van der Waals surface area contributed by atoms with Crippen molar-refractivity contribution in [3.63, 3.8) is 0 Å². The van der Waals surface area contributed by atoms with E-state index < -0.39 is 12.0 Å². The topological polar surface area (TPSA) is 129 Å². The summed E-state index contributed by atoms with van der Waals surface area (Å²) in [6.07, 6.45) is 8.64. The number of amides is 2. The molecule has 0 aromatic carbocycles. The Kier molecular flexibility index (Phi) is 7.95. The molecule has 4 N–H and O–H groups in total. The van der Waals surface area contributed by atoms with E-state index in [1.807, 2.05) is 6.92 Å². The van der Waals surface area contributed by atoms with Crippen molar-refractivity contribution in [2.45, 2.75) is 70.4 Å². The van der Waals surface area contributed by atoms with Crippen molar-refractivity contribution in [2.24, 2.45) is 11.8 Å². The molecule has 194 valence electrons. The fourth-order valence-electron chi connectivity index (χ4n) is 4.96. The van der Waals surface area contributed by atoms with Gasteiger partial charge in [-0.05, 0) is 56.7 Å². The number of imidazole rings is 1. The molecule has 36 heavy (non-hydrogen) atoms. The largest absolute Gasteiger partial charge is 0.356 e. The van der Waals surface area contributed by atoms with E-state index in [9.17, 15) is 18.4 Å². The fourth-order valence-corrected chi connectivity index (χ4v) is 4.96. The molecule has 0 radical (unpaired) electrons. The quantitative estimate of drug-likeness (QED) is 0.389. The Hall–Kier alpha value is -3.37. The zero-order valence-electron chi connectivity index (χ0n) is 20.4. The Morgan fingerprint density at radius 2 is 2.14 bits per heavy atom. The molecule has 2 aromatic heterocycles. The molecule has 3 heterocycles. The molecule has 2 aliphatic rings. The predicted molar refractivity (Wildman–Crippen MR) is 131 cm³/mol. The number of aromatic amines is 1. The Morgan fingerprint density at radius 3 is 2.86 bits per heavy atom. The van der Waals surface area contributed by atoms with E-state index in [0.717, 1.165) is 12.8 Å². The Balaban J connectivity index is 1.47. The number of piperidine rings is 1. The molecule has 4 rings (SSSR count). The Labute approximate surface area is 208 Å². The third kappa shape index (κ3) is 6.24. The van der Waals surface area contributed by atoms with Gasteiger partial charge in [-0.3, -0.25) is 14.3 Å². The van der Waals surface area contributed by atoms with E-state index in [1.165, 1.54) is 0 Å². The van der Waals surface area contributed by atoms with Gasteiger partial charge in [0.25, 0.3) is 5.91 Å². The first kappa shape index (κ1) is 25.7. The fraction of sp³-hybridized carbons (Fsp3) is 0.560. The van der Waals surface area contributed by atoms with E-state index in [0.29, 0.717) is 42.4 Å². The van der Waals surface area contributed by atoms with Gasteiger partial charge in [0, 0.05) is 56.4 Å². The normalized spacial score (nSPS) is 21.3. The predicted octanol–water partition coefficient (Wildman–Crippen LogP) is 3.87. The van der Waals surface area contributed by atoms with E-state index in [4.69, 9.17) is 5.41 Å². The van der Waals surface area contributed by atoms with Crippen molar-refractivity contribution < 1.29 is 18.4 Å². The van der Waals surface area contributed by atoms with Crippen molar-refractivity contribution >= 4 is 23.6 Å². The van der Waals surface area contributed by atoms with Crippen LogP contribution in [0.15, 0.2) is 24.5 Å². The monoisotopic (exact) mass is 501 g/mol. The number of nitrogens with one attached hydrogen (secondary N) is 4. The minimum atomic E-state index is -2.68. The van der Waals surface area contributed by atoms with Crippen LogP contribution in [0.25, 0.3) is 6.08 Å². The molecule has 1 unspecified atom stereocenters. The van der Waals surface area contributed by atoms with Gasteiger partial charge in [-0.15, -0.1) is 0 Å². The number of alkyl halides is 2. The number of aryl methyl sites for hydroxylation is 1. The van der Waals surface area contributed by atoms with Crippen LogP contribution in [-0.4, -0.2) is 49.7 Å². The number of rotatable bonds is 9. The lowest BCUT2D eigenvalue weighted by molar-refractivity contribution is -0.126. The lowest BCUT2D eigenvalue weighted by atomic mass is 9.81. The SMILES string of the molecule is CCn1nccc1C(=O)N[C@H](c1c[nH]c(/C=C\C(=N)CC2CCCNC2=O)n1)C1CCC(F)(F)CC1. The van der Waals surface area contributed by atoms with Crippen molar-refractivity contribution in [1.82, 2.24) is 30.4 Å². The second kappa shape index (κ2) is 11.1. The summed E-state index contributed by atoms with van der Waals surface area (Å²) in [4.78, 5) is 32.6. The summed E-state index contributed by atoms with van der Waals surface area (Å²) in [5, 5.41) is 18.2. The average Bonchev–Trinajstić information content (AvgIpc) is 3.52. The van der Waals surface area contributed by atoms with Crippen LogP contribution >= 0.6 is 0 Å². The van der Waals surface area contributed by atoms with Crippen LogP contribution in [0, 0.1) is 17.2 Å².